The van der Waals surface area contributed by atoms with Crippen molar-refractivity contribution in [3.05, 3.63) is 54.1 Å². The van der Waals surface area contributed by atoms with Crippen LogP contribution in [0.3, 0.4) is 0 Å². The lowest BCUT2D eigenvalue weighted by molar-refractivity contribution is 0.0884. The van der Waals surface area contributed by atoms with Crippen molar-refractivity contribution in [2.75, 3.05) is 13.0 Å². The molecule has 0 saturated carbocycles. The summed E-state index contributed by atoms with van der Waals surface area (Å²) >= 11 is 1.05. The molecule has 11 heteroatoms. The van der Waals surface area contributed by atoms with Crippen LogP contribution in [-0.4, -0.2) is 51.8 Å². The first-order valence-corrected chi connectivity index (χ1v) is 10.2. The van der Waals surface area contributed by atoms with E-state index in [9.17, 15) is 13.2 Å². The average molecular weight is 403 g/mol. The number of sulfonamides is 1. The number of thioether (sulfide) groups is 1. The van der Waals surface area contributed by atoms with E-state index in [1.807, 2.05) is 30.3 Å². The molecule has 0 saturated heterocycles. The van der Waals surface area contributed by atoms with Crippen LogP contribution in [-0.2, 0) is 10.0 Å². The van der Waals surface area contributed by atoms with Gasteiger partial charge in [0.1, 0.15) is 16.2 Å². The number of rotatable bonds is 5. The van der Waals surface area contributed by atoms with Crippen LogP contribution in [0.1, 0.15) is 10.4 Å². The highest BCUT2D eigenvalue weighted by Crippen LogP contribution is 2.37. The Bertz CT molecular complexity index is 1110. The largest absolute Gasteiger partial charge is 0.496 e. The lowest BCUT2D eigenvalue weighted by atomic mass is 10.2. The summed E-state index contributed by atoms with van der Waals surface area (Å²) < 4.78 is 32.9. The fourth-order valence-electron chi connectivity index (χ4n) is 2.70. The zero-order valence-electron chi connectivity index (χ0n) is 14.0. The minimum Gasteiger partial charge on any atom is -0.496 e. The second-order valence-corrected chi connectivity index (χ2v) is 8.22. The van der Waals surface area contributed by atoms with E-state index in [-0.39, 0.29) is 22.1 Å². The van der Waals surface area contributed by atoms with E-state index in [2.05, 4.69) is 15.5 Å². The van der Waals surface area contributed by atoms with Gasteiger partial charge in [0.15, 0.2) is 0 Å². The Kier molecular flexibility index (Phi) is 4.32. The third-order valence-electron chi connectivity index (χ3n) is 3.97. The third kappa shape index (κ3) is 2.84. The number of hydrogen-bond acceptors (Lipinski definition) is 8. The Balaban J connectivity index is 1.62. The first-order valence-electron chi connectivity index (χ1n) is 7.74. The first kappa shape index (κ1) is 17.5. The van der Waals surface area contributed by atoms with Crippen molar-refractivity contribution < 1.29 is 17.9 Å². The molecule has 1 amide bonds. The van der Waals surface area contributed by atoms with E-state index in [4.69, 9.17) is 4.74 Å². The zero-order valence-corrected chi connectivity index (χ0v) is 15.6. The van der Waals surface area contributed by atoms with Crippen molar-refractivity contribution in [3.8, 4) is 11.4 Å². The predicted octanol–water partition coefficient (Wildman–Crippen LogP) is 1.57. The van der Waals surface area contributed by atoms with Gasteiger partial charge in [-0.1, -0.05) is 36.0 Å². The van der Waals surface area contributed by atoms with Gasteiger partial charge in [0.25, 0.3) is 15.9 Å². The molecule has 3 aromatic rings. The van der Waals surface area contributed by atoms with E-state index < -0.39 is 15.9 Å². The highest BCUT2D eigenvalue weighted by molar-refractivity contribution is 8.00. The average Bonchev–Trinajstić information content (AvgIpc) is 3.23. The van der Waals surface area contributed by atoms with Crippen LogP contribution in [0.2, 0.25) is 0 Å². The molecule has 9 nitrogen and oxygen atoms in total. The molecule has 0 fully saturated rings. The molecule has 0 N–H and O–H groups in total. The second-order valence-electron chi connectivity index (χ2n) is 5.47. The van der Waals surface area contributed by atoms with Crippen molar-refractivity contribution in [2.45, 2.75) is 10.1 Å². The summed E-state index contributed by atoms with van der Waals surface area (Å²) in [4.78, 5) is 12.6. The number of ether oxygens (including phenoxy) is 1. The van der Waals surface area contributed by atoms with Crippen molar-refractivity contribution in [2.24, 2.45) is 0 Å². The third-order valence-corrected chi connectivity index (χ3v) is 6.80. The summed E-state index contributed by atoms with van der Waals surface area (Å²) in [6.45, 7) is 0. The normalized spacial score (nSPS) is 15.0. The summed E-state index contributed by atoms with van der Waals surface area (Å²) in [5, 5.41) is 11.8. The number of tetrazole rings is 1. The molecule has 1 aromatic heterocycles. The molecule has 0 atom stereocenters. The Labute approximate surface area is 159 Å². The summed E-state index contributed by atoms with van der Waals surface area (Å²) in [6, 6.07) is 13.7. The molecule has 1 aliphatic rings. The molecule has 0 spiro atoms. The van der Waals surface area contributed by atoms with Crippen LogP contribution in [0.4, 0.5) is 0 Å². The predicted molar refractivity (Wildman–Crippen MR) is 96.2 cm³/mol. The number of carbonyl (C=O) groups is 1. The lowest BCUT2D eigenvalue weighted by Gasteiger charge is -2.14. The van der Waals surface area contributed by atoms with Gasteiger partial charge in [-0.15, -0.1) is 5.10 Å². The quantitative estimate of drug-likeness (QED) is 0.591. The van der Waals surface area contributed by atoms with Gasteiger partial charge in [0.2, 0.25) is 5.16 Å². The maximum Gasteiger partial charge on any atom is 0.273 e. The Morgan fingerprint density at radius 1 is 1.11 bits per heavy atom. The number of hydrogen-bond donors (Lipinski definition) is 0. The summed E-state index contributed by atoms with van der Waals surface area (Å²) in [5.74, 6) is -0.567. The number of aromatic nitrogens is 4. The number of nitrogens with zero attached hydrogens (tertiary/aromatic N) is 5. The number of fused-ring (bicyclic) bond motifs is 1. The van der Waals surface area contributed by atoms with Crippen LogP contribution in [0.25, 0.3) is 5.69 Å². The van der Waals surface area contributed by atoms with E-state index >= 15 is 0 Å². The standard InChI is InChI=1S/C16H13N5O4S2/c1-25-12-8-5-9-13-14(12)15(22)20(27(13,23)24)10-26-16-17-18-19-21(16)11-6-3-2-4-7-11/h2-9H,10H2,1H3. The molecule has 0 bridgehead atoms. The van der Waals surface area contributed by atoms with Gasteiger partial charge in [0, 0.05) is 0 Å². The SMILES string of the molecule is COc1cccc2c1C(=O)N(CSc1nnnn1-c1ccccc1)S2(=O)=O. The fourth-order valence-corrected chi connectivity index (χ4v) is 5.37. The number of carbonyl (C=O) groups excluding carboxylic acids is 1. The summed E-state index contributed by atoms with van der Waals surface area (Å²) in [7, 11) is -2.56. The molecule has 138 valence electrons. The van der Waals surface area contributed by atoms with Gasteiger partial charge >= 0.3 is 0 Å². The van der Waals surface area contributed by atoms with Crippen molar-refractivity contribution in [1.29, 1.82) is 0 Å². The van der Waals surface area contributed by atoms with Gasteiger partial charge < -0.3 is 4.74 Å². The second kappa shape index (κ2) is 6.67. The number of methoxy groups -OCH3 is 1. The molecule has 1 aliphatic heterocycles. The van der Waals surface area contributed by atoms with Gasteiger partial charge in [-0.3, -0.25) is 4.79 Å². The van der Waals surface area contributed by atoms with Crippen LogP contribution < -0.4 is 4.74 Å². The van der Waals surface area contributed by atoms with Crippen LogP contribution in [0.15, 0.2) is 58.6 Å². The van der Waals surface area contributed by atoms with Crippen LogP contribution >= 0.6 is 11.8 Å². The lowest BCUT2D eigenvalue weighted by Crippen LogP contribution is -2.29. The molecule has 27 heavy (non-hydrogen) atoms. The topological polar surface area (TPSA) is 107 Å². The molecule has 0 radical (unpaired) electrons. The Morgan fingerprint density at radius 3 is 2.63 bits per heavy atom. The molecule has 0 aliphatic carbocycles. The van der Waals surface area contributed by atoms with Crippen LogP contribution in [0, 0.1) is 0 Å². The fraction of sp³-hybridized carbons (Fsp3) is 0.125. The smallest absolute Gasteiger partial charge is 0.273 e. The van der Waals surface area contributed by atoms with Crippen molar-refractivity contribution in [1.82, 2.24) is 24.5 Å². The highest BCUT2D eigenvalue weighted by Gasteiger charge is 2.43. The molecular weight excluding hydrogens is 390 g/mol. The maximum absolute atomic E-state index is 12.8. The maximum atomic E-state index is 12.8. The Morgan fingerprint density at radius 2 is 1.89 bits per heavy atom. The number of benzene rings is 2. The highest BCUT2D eigenvalue weighted by atomic mass is 32.2. The molecule has 2 heterocycles. The molecule has 2 aromatic carbocycles. The van der Waals surface area contributed by atoms with E-state index in [1.165, 1.54) is 23.9 Å². The molecular formula is C16H13N5O4S2. The zero-order chi connectivity index (χ0) is 19.0. The van der Waals surface area contributed by atoms with Crippen LogP contribution in [0.5, 0.6) is 5.75 Å². The number of amides is 1. The first-order chi connectivity index (χ1) is 13.0. The van der Waals surface area contributed by atoms with E-state index in [0.29, 0.717) is 5.16 Å². The van der Waals surface area contributed by atoms with Gasteiger partial charge in [0.05, 0.1) is 18.7 Å². The van der Waals surface area contributed by atoms with Gasteiger partial charge in [-0.2, -0.15) is 4.68 Å². The summed E-state index contributed by atoms with van der Waals surface area (Å²) in [5.41, 5.74) is 0.772. The minimum atomic E-state index is -3.95. The minimum absolute atomic E-state index is 0.0447. The molecule has 4 rings (SSSR count). The van der Waals surface area contributed by atoms with E-state index in [1.54, 1.807) is 6.07 Å². The summed E-state index contributed by atoms with van der Waals surface area (Å²) in [6.07, 6.45) is 0. The van der Waals surface area contributed by atoms with E-state index in [0.717, 1.165) is 21.8 Å². The Hall–Kier alpha value is -2.92. The van der Waals surface area contributed by atoms with Gasteiger partial charge in [-0.25, -0.2) is 12.7 Å². The van der Waals surface area contributed by atoms with Gasteiger partial charge in [-0.05, 0) is 34.7 Å². The van der Waals surface area contributed by atoms with Crippen molar-refractivity contribution >= 4 is 27.7 Å². The molecule has 0 unspecified atom stereocenters. The monoisotopic (exact) mass is 403 g/mol. The van der Waals surface area contributed by atoms with Crippen molar-refractivity contribution in [3.63, 3.8) is 0 Å². The number of para-hydroxylation sites is 1.